The summed E-state index contributed by atoms with van der Waals surface area (Å²) in [6, 6.07) is 13.7. The Balaban J connectivity index is 1.75. The normalized spacial score (nSPS) is 25.2. The van der Waals surface area contributed by atoms with Crippen molar-refractivity contribution < 1.29 is 5.11 Å². The van der Waals surface area contributed by atoms with E-state index in [1.807, 2.05) is 24.3 Å². The Morgan fingerprint density at radius 3 is 2.36 bits per heavy atom. The van der Waals surface area contributed by atoms with Crippen molar-refractivity contribution in [1.82, 2.24) is 4.90 Å². The van der Waals surface area contributed by atoms with E-state index in [0.29, 0.717) is 22.4 Å². The zero-order valence-electron chi connectivity index (χ0n) is 16.5. The molecule has 0 heterocycles. The van der Waals surface area contributed by atoms with Crippen molar-refractivity contribution in [2.24, 2.45) is 11.8 Å². The van der Waals surface area contributed by atoms with Gasteiger partial charge in [-0.3, -0.25) is 0 Å². The summed E-state index contributed by atoms with van der Waals surface area (Å²) in [5, 5.41) is 13.6. The number of nitrogens with zero attached hydrogens (tertiary/aromatic N) is 1. The Morgan fingerprint density at radius 1 is 1.04 bits per heavy atom. The second kappa shape index (κ2) is 9.36. The molecule has 3 unspecified atom stereocenters. The van der Waals surface area contributed by atoms with Crippen LogP contribution in [0.3, 0.4) is 0 Å². The van der Waals surface area contributed by atoms with E-state index >= 15 is 0 Å². The first-order valence-electron chi connectivity index (χ1n) is 9.80. The molecule has 152 valence electrons. The molecule has 1 saturated carbocycles. The van der Waals surface area contributed by atoms with Crippen LogP contribution in [0.15, 0.2) is 42.5 Å². The maximum Gasteiger partial charge on any atom is 0.0728 e. The molecule has 5 heteroatoms. The van der Waals surface area contributed by atoms with Crippen molar-refractivity contribution in [3.63, 3.8) is 0 Å². The van der Waals surface area contributed by atoms with Crippen LogP contribution >= 0.6 is 34.8 Å². The lowest BCUT2D eigenvalue weighted by atomic mass is 9.67. The molecular weight excluding hydrogens is 413 g/mol. The first kappa shape index (κ1) is 21.9. The summed E-state index contributed by atoms with van der Waals surface area (Å²) in [5.41, 5.74) is 1.52. The van der Waals surface area contributed by atoms with Gasteiger partial charge in [0, 0.05) is 34.0 Å². The lowest BCUT2D eigenvalue weighted by Crippen LogP contribution is -2.49. The van der Waals surface area contributed by atoms with Gasteiger partial charge in [0.05, 0.1) is 5.60 Å². The van der Waals surface area contributed by atoms with Crippen LogP contribution in [0.4, 0.5) is 0 Å². The van der Waals surface area contributed by atoms with Crippen molar-refractivity contribution in [2.75, 3.05) is 20.6 Å². The minimum Gasteiger partial charge on any atom is -0.389 e. The Kier molecular flexibility index (Phi) is 7.33. The van der Waals surface area contributed by atoms with Crippen LogP contribution in [0.5, 0.6) is 0 Å². The summed E-state index contributed by atoms with van der Waals surface area (Å²) in [7, 11) is 4.14. The van der Waals surface area contributed by atoms with Crippen molar-refractivity contribution in [2.45, 2.75) is 37.7 Å². The summed E-state index contributed by atoms with van der Waals surface area (Å²) in [6.07, 6.45) is 4.38. The number of halogens is 3. The molecule has 1 aliphatic carbocycles. The number of hydrogen-bond donors (Lipinski definition) is 1. The highest BCUT2D eigenvalue weighted by molar-refractivity contribution is 6.35. The van der Waals surface area contributed by atoms with Crippen molar-refractivity contribution in [1.29, 1.82) is 0 Å². The van der Waals surface area contributed by atoms with Crippen molar-refractivity contribution in [3.05, 3.63) is 68.7 Å². The van der Waals surface area contributed by atoms with Crippen LogP contribution in [-0.4, -0.2) is 36.2 Å². The molecule has 1 aliphatic rings. The lowest BCUT2D eigenvalue weighted by Gasteiger charge is -2.44. The SMILES string of the molecule is CN(C)CC1CC(Cc2ccc(Cl)cc2)CCC1(O)Cc1ccc(Cl)cc1Cl. The molecule has 0 amide bonds. The molecule has 2 aromatic carbocycles. The first-order chi connectivity index (χ1) is 13.2. The third-order valence-corrected chi connectivity index (χ3v) is 6.74. The minimum absolute atomic E-state index is 0.195. The Labute approximate surface area is 183 Å². The van der Waals surface area contributed by atoms with Gasteiger partial charge in [0.1, 0.15) is 0 Å². The van der Waals surface area contributed by atoms with E-state index < -0.39 is 5.60 Å². The Bertz CT molecular complexity index is 793. The van der Waals surface area contributed by atoms with E-state index in [4.69, 9.17) is 34.8 Å². The molecule has 3 rings (SSSR count). The monoisotopic (exact) mass is 439 g/mol. The van der Waals surface area contributed by atoms with E-state index in [0.717, 1.165) is 42.8 Å². The van der Waals surface area contributed by atoms with Gasteiger partial charge >= 0.3 is 0 Å². The van der Waals surface area contributed by atoms with Gasteiger partial charge in [0.25, 0.3) is 0 Å². The molecule has 1 N–H and O–H groups in total. The molecule has 0 saturated heterocycles. The fourth-order valence-electron chi connectivity index (χ4n) is 4.45. The second-order valence-corrected chi connectivity index (χ2v) is 9.73. The van der Waals surface area contributed by atoms with E-state index in [1.54, 1.807) is 6.07 Å². The largest absolute Gasteiger partial charge is 0.389 e. The second-order valence-electron chi connectivity index (χ2n) is 8.45. The van der Waals surface area contributed by atoms with E-state index in [1.165, 1.54) is 5.56 Å². The van der Waals surface area contributed by atoms with Gasteiger partial charge in [-0.05, 0) is 81.1 Å². The third kappa shape index (κ3) is 5.64. The highest BCUT2D eigenvalue weighted by Crippen LogP contribution is 2.42. The fraction of sp³-hybridized carbons (Fsp3) is 0.478. The summed E-state index contributed by atoms with van der Waals surface area (Å²) in [4.78, 5) is 2.17. The molecule has 1 fully saturated rings. The first-order valence-corrected chi connectivity index (χ1v) is 10.9. The number of hydrogen-bond acceptors (Lipinski definition) is 2. The maximum atomic E-state index is 11.6. The van der Waals surface area contributed by atoms with Crippen LogP contribution in [-0.2, 0) is 12.8 Å². The van der Waals surface area contributed by atoms with Crippen molar-refractivity contribution in [3.8, 4) is 0 Å². The smallest absolute Gasteiger partial charge is 0.0728 e. The third-order valence-electron chi connectivity index (χ3n) is 5.90. The van der Waals surface area contributed by atoms with Gasteiger partial charge in [-0.15, -0.1) is 0 Å². The van der Waals surface area contributed by atoms with Gasteiger partial charge in [0.2, 0.25) is 0 Å². The topological polar surface area (TPSA) is 23.5 Å². The van der Waals surface area contributed by atoms with E-state index in [2.05, 4.69) is 31.1 Å². The molecule has 2 nitrogen and oxygen atoms in total. The number of rotatable bonds is 6. The van der Waals surface area contributed by atoms with Crippen LogP contribution in [0.25, 0.3) is 0 Å². The molecule has 0 spiro atoms. The van der Waals surface area contributed by atoms with Crippen LogP contribution < -0.4 is 0 Å². The lowest BCUT2D eigenvalue weighted by molar-refractivity contribution is -0.0685. The maximum absolute atomic E-state index is 11.6. The molecule has 0 aliphatic heterocycles. The fourth-order valence-corrected chi connectivity index (χ4v) is 5.05. The van der Waals surface area contributed by atoms with Crippen molar-refractivity contribution >= 4 is 34.8 Å². The standard InChI is InChI=1S/C23H28Cl3NO/c1-27(2)15-19-12-17(11-16-3-6-20(24)7-4-16)9-10-23(19,28)14-18-5-8-21(25)13-22(18)26/h3-8,13,17,19,28H,9-12,14-15H2,1-2H3. The van der Waals surface area contributed by atoms with E-state index in [9.17, 15) is 5.11 Å². The highest BCUT2D eigenvalue weighted by Gasteiger charge is 2.42. The zero-order valence-corrected chi connectivity index (χ0v) is 18.7. The molecule has 3 atom stereocenters. The van der Waals surface area contributed by atoms with Gasteiger partial charge < -0.3 is 10.0 Å². The zero-order chi connectivity index (χ0) is 20.3. The van der Waals surface area contributed by atoms with Crippen LogP contribution in [0, 0.1) is 11.8 Å². The van der Waals surface area contributed by atoms with Gasteiger partial charge in [-0.2, -0.15) is 0 Å². The summed E-state index contributed by atoms with van der Waals surface area (Å²) in [5.74, 6) is 0.757. The van der Waals surface area contributed by atoms with Gasteiger partial charge in [-0.25, -0.2) is 0 Å². The Hall–Kier alpha value is -0.770. The molecule has 0 aromatic heterocycles. The predicted octanol–water partition coefficient (Wildman–Crippen LogP) is 6.14. The predicted molar refractivity (Wildman–Crippen MR) is 120 cm³/mol. The summed E-state index contributed by atoms with van der Waals surface area (Å²) >= 11 is 18.4. The van der Waals surface area contributed by atoms with Gasteiger partial charge in [0.15, 0.2) is 0 Å². The highest BCUT2D eigenvalue weighted by atomic mass is 35.5. The summed E-state index contributed by atoms with van der Waals surface area (Å²) in [6.45, 7) is 0.860. The average molecular weight is 441 g/mol. The summed E-state index contributed by atoms with van der Waals surface area (Å²) < 4.78 is 0. The Morgan fingerprint density at radius 2 is 1.71 bits per heavy atom. The van der Waals surface area contributed by atoms with Crippen LogP contribution in [0.2, 0.25) is 15.1 Å². The number of aliphatic hydroxyl groups is 1. The van der Waals surface area contributed by atoms with Gasteiger partial charge in [-0.1, -0.05) is 53.0 Å². The molecule has 2 aromatic rings. The number of benzene rings is 2. The molecular formula is C23H28Cl3NO. The van der Waals surface area contributed by atoms with E-state index in [-0.39, 0.29) is 5.92 Å². The molecule has 28 heavy (non-hydrogen) atoms. The quantitative estimate of drug-likeness (QED) is 0.583. The van der Waals surface area contributed by atoms with Crippen LogP contribution in [0.1, 0.15) is 30.4 Å². The minimum atomic E-state index is -0.752. The molecule has 0 radical (unpaired) electrons. The average Bonchev–Trinajstić information content (AvgIpc) is 2.62. The molecule has 0 bridgehead atoms.